The van der Waals surface area contributed by atoms with E-state index in [0.29, 0.717) is 25.1 Å². The maximum atomic E-state index is 12.8. The summed E-state index contributed by atoms with van der Waals surface area (Å²) in [4.78, 5) is 27.9. The van der Waals surface area contributed by atoms with E-state index in [1.165, 1.54) is 4.88 Å². The summed E-state index contributed by atoms with van der Waals surface area (Å²) in [5, 5.41) is 4.77. The van der Waals surface area contributed by atoms with Crippen molar-refractivity contribution >= 4 is 23.2 Å². The number of piperazine rings is 1. The van der Waals surface area contributed by atoms with Gasteiger partial charge in [0.1, 0.15) is 5.54 Å². The van der Waals surface area contributed by atoms with Crippen LogP contribution in [0.15, 0.2) is 11.4 Å². The fourth-order valence-electron chi connectivity index (χ4n) is 2.52. The van der Waals surface area contributed by atoms with E-state index in [1.807, 2.05) is 25.3 Å². The van der Waals surface area contributed by atoms with Gasteiger partial charge in [-0.3, -0.25) is 9.59 Å². The molecule has 5 heteroatoms. The lowest BCUT2D eigenvalue weighted by molar-refractivity contribution is -0.134. The van der Waals surface area contributed by atoms with Crippen LogP contribution in [0.25, 0.3) is 0 Å². The summed E-state index contributed by atoms with van der Waals surface area (Å²) in [6.45, 7) is 11.3. The van der Waals surface area contributed by atoms with Crippen LogP contribution in [0.4, 0.5) is 0 Å². The number of rotatable bonds is 2. The molecule has 21 heavy (non-hydrogen) atoms. The van der Waals surface area contributed by atoms with E-state index in [1.54, 1.807) is 16.2 Å². The van der Waals surface area contributed by atoms with Crippen LogP contribution in [0.5, 0.6) is 0 Å². The fourth-order valence-corrected chi connectivity index (χ4v) is 3.49. The zero-order chi connectivity index (χ0) is 15.8. The Hall–Kier alpha value is -1.36. The van der Waals surface area contributed by atoms with Crippen LogP contribution in [0, 0.1) is 0 Å². The van der Waals surface area contributed by atoms with Crippen LogP contribution in [-0.2, 0) is 10.2 Å². The van der Waals surface area contributed by atoms with Gasteiger partial charge in [0.25, 0.3) is 5.91 Å². The minimum absolute atomic E-state index is 0.0382. The first-order valence-corrected chi connectivity index (χ1v) is 8.27. The summed E-state index contributed by atoms with van der Waals surface area (Å²) in [7, 11) is 0. The molecule has 1 aliphatic heterocycles. The van der Waals surface area contributed by atoms with Crippen molar-refractivity contribution in [1.82, 2.24) is 10.2 Å². The van der Waals surface area contributed by atoms with E-state index >= 15 is 0 Å². The lowest BCUT2D eigenvalue weighted by atomic mass is 9.91. The van der Waals surface area contributed by atoms with Gasteiger partial charge in [-0.15, -0.1) is 11.3 Å². The van der Waals surface area contributed by atoms with Gasteiger partial charge in [0.05, 0.1) is 5.56 Å². The van der Waals surface area contributed by atoms with Gasteiger partial charge >= 0.3 is 0 Å². The quantitative estimate of drug-likeness (QED) is 0.913. The van der Waals surface area contributed by atoms with Gasteiger partial charge in [-0.25, -0.2) is 0 Å². The molecule has 1 aromatic heterocycles. The third-order valence-electron chi connectivity index (χ3n) is 4.23. The number of nitrogens with one attached hydrogen (secondary N) is 1. The van der Waals surface area contributed by atoms with Crippen molar-refractivity contribution in [3.05, 3.63) is 21.9 Å². The largest absolute Gasteiger partial charge is 0.352 e. The van der Waals surface area contributed by atoms with Crippen molar-refractivity contribution in [2.45, 2.75) is 52.0 Å². The van der Waals surface area contributed by atoms with Crippen molar-refractivity contribution in [2.24, 2.45) is 0 Å². The number of hydrogen-bond donors (Lipinski definition) is 1. The average molecular weight is 308 g/mol. The maximum absolute atomic E-state index is 12.8. The molecule has 1 saturated heterocycles. The first-order chi connectivity index (χ1) is 9.70. The van der Waals surface area contributed by atoms with Crippen LogP contribution < -0.4 is 5.32 Å². The lowest BCUT2D eigenvalue weighted by Gasteiger charge is -2.43. The summed E-state index contributed by atoms with van der Waals surface area (Å²) in [6, 6.07) is 1.97. The molecule has 1 unspecified atom stereocenters. The normalized spacial score (nSPS) is 23.1. The predicted octanol–water partition coefficient (Wildman–Crippen LogP) is 2.79. The fraction of sp³-hybridized carbons (Fsp3) is 0.625. The van der Waals surface area contributed by atoms with Crippen molar-refractivity contribution in [3.63, 3.8) is 0 Å². The maximum Gasteiger partial charge on any atom is 0.255 e. The summed E-state index contributed by atoms with van der Waals surface area (Å²) in [6.07, 6.45) is 0.612. The molecule has 2 rings (SSSR count). The van der Waals surface area contributed by atoms with Gasteiger partial charge < -0.3 is 10.2 Å². The van der Waals surface area contributed by atoms with Crippen molar-refractivity contribution < 1.29 is 9.59 Å². The molecule has 0 bridgehead atoms. The zero-order valence-electron chi connectivity index (χ0n) is 13.4. The highest BCUT2D eigenvalue weighted by Crippen LogP contribution is 2.31. The molecule has 0 aliphatic carbocycles. The van der Waals surface area contributed by atoms with E-state index in [2.05, 4.69) is 26.1 Å². The monoisotopic (exact) mass is 308 g/mol. The van der Waals surface area contributed by atoms with E-state index < -0.39 is 5.54 Å². The number of nitrogens with zero attached hydrogens (tertiary/aromatic N) is 1. The molecule has 2 heterocycles. The van der Waals surface area contributed by atoms with Crippen LogP contribution in [-0.4, -0.2) is 35.3 Å². The van der Waals surface area contributed by atoms with Gasteiger partial charge in [-0.1, -0.05) is 27.7 Å². The summed E-state index contributed by atoms with van der Waals surface area (Å²) in [5.74, 6) is -0.100. The highest BCUT2D eigenvalue weighted by atomic mass is 32.1. The van der Waals surface area contributed by atoms with Gasteiger partial charge in [-0.2, -0.15) is 0 Å². The third kappa shape index (κ3) is 2.84. The van der Waals surface area contributed by atoms with Crippen molar-refractivity contribution in [3.8, 4) is 0 Å². The van der Waals surface area contributed by atoms with Crippen molar-refractivity contribution in [1.29, 1.82) is 0 Å². The Bertz CT molecular complexity index is 559. The predicted molar refractivity (Wildman–Crippen MR) is 85.8 cm³/mol. The first kappa shape index (κ1) is 16.0. The topological polar surface area (TPSA) is 49.4 Å². The second-order valence-corrected chi connectivity index (χ2v) is 7.70. The Morgan fingerprint density at radius 2 is 2.14 bits per heavy atom. The molecular formula is C16H24N2O2S. The molecular weight excluding hydrogens is 284 g/mol. The van der Waals surface area contributed by atoms with Crippen LogP contribution >= 0.6 is 11.3 Å². The number of hydrogen-bond acceptors (Lipinski definition) is 3. The minimum atomic E-state index is -0.751. The highest BCUT2D eigenvalue weighted by Gasteiger charge is 2.43. The average Bonchev–Trinajstić information content (AvgIpc) is 2.91. The minimum Gasteiger partial charge on any atom is -0.352 e. The molecule has 4 nitrogen and oxygen atoms in total. The molecule has 1 aliphatic rings. The number of amides is 2. The second kappa shape index (κ2) is 5.44. The lowest BCUT2D eigenvalue weighted by Crippen LogP contribution is -2.64. The third-order valence-corrected chi connectivity index (χ3v) is 5.58. The Morgan fingerprint density at radius 3 is 2.67 bits per heavy atom. The van der Waals surface area contributed by atoms with E-state index in [0.717, 1.165) is 0 Å². The Morgan fingerprint density at radius 1 is 1.48 bits per heavy atom. The van der Waals surface area contributed by atoms with Gasteiger partial charge in [-0.05, 0) is 24.8 Å². The molecule has 0 radical (unpaired) electrons. The SMILES string of the molecule is CCC1(C)C(=O)NCCN1C(=O)c1csc(C(C)(C)C)c1. The number of thiophene rings is 1. The summed E-state index contributed by atoms with van der Waals surface area (Å²) in [5.41, 5.74) is -0.0188. The van der Waals surface area contributed by atoms with Gasteiger partial charge in [0, 0.05) is 23.3 Å². The summed E-state index contributed by atoms with van der Waals surface area (Å²) < 4.78 is 0. The van der Waals surface area contributed by atoms with E-state index in [4.69, 9.17) is 0 Å². The molecule has 1 N–H and O–H groups in total. The Labute approximate surface area is 130 Å². The van der Waals surface area contributed by atoms with Crippen molar-refractivity contribution in [2.75, 3.05) is 13.1 Å². The molecule has 0 saturated carbocycles. The van der Waals surface area contributed by atoms with E-state index in [9.17, 15) is 9.59 Å². The molecule has 1 aromatic rings. The summed E-state index contributed by atoms with van der Waals surface area (Å²) >= 11 is 1.61. The Balaban J connectivity index is 2.30. The molecule has 2 amide bonds. The molecule has 116 valence electrons. The Kier molecular flexibility index (Phi) is 4.15. The van der Waals surface area contributed by atoms with Gasteiger partial charge in [0.2, 0.25) is 5.91 Å². The number of carbonyl (C=O) groups is 2. The second-order valence-electron chi connectivity index (χ2n) is 6.79. The highest BCUT2D eigenvalue weighted by molar-refractivity contribution is 7.10. The molecule has 1 fully saturated rings. The standard InChI is InChI=1S/C16H24N2O2S/c1-6-16(5)14(20)17-7-8-18(16)13(19)11-9-12(21-10-11)15(2,3)4/h9-10H,6-8H2,1-5H3,(H,17,20). The van der Waals surface area contributed by atoms with Crippen LogP contribution in [0.3, 0.4) is 0 Å². The van der Waals surface area contributed by atoms with Gasteiger partial charge in [0.15, 0.2) is 0 Å². The zero-order valence-corrected chi connectivity index (χ0v) is 14.3. The smallest absolute Gasteiger partial charge is 0.255 e. The van der Waals surface area contributed by atoms with Crippen LogP contribution in [0.2, 0.25) is 0 Å². The molecule has 0 spiro atoms. The van der Waals surface area contributed by atoms with Crippen LogP contribution in [0.1, 0.15) is 56.3 Å². The number of carbonyl (C=O) groups excluding carboxylic acids is 2. The van der Waals surface area contributed by atoms with E-state index in [-0.39, 0.29) is 17.2 Å². The molecule has 1 atom stereocenters. The molecule has 0 aromatic carbocycles. The first-order valence-electron chi connectivity index (χ1n) is 7.39.